The van der Waals surface area contributed by atoms with Crippen LogP contribution in [0.1, 0.15) is 11.3 Å². The Morgan fingerprint density at radius 3 is 2.00 bits per heavy atom. The normalized spacial score (nSPS) is 10.8. The summed E-state index contributed by atoms with van der Waals surface area (Å²) < 4.78 is 3.61. The van der Waals surface area contributed by atoms with Gasteiger partial charge in [0.15, 0.2) is 0 Å². The summed E-state index contributed by atoms with van der Waals surface area (Å²) in [7, 11) is 3.75. The first-order valence-corrected chi connectivity index (χ1v) is 7.02. The van der Waals surface area contributed by atoms with Gasteiger partial charge in [-0.25, -0.2) is 0 Å². The molecule has 0 aliphatic rings. The van der Waals surface area contributed by atoms with Crippen molar-refractivity contribution < 1.29 is 0 Å². The Balaban J connectivity index is 2.16. The maximum atomic E-state index is 12.5. The summed E-state index contributed by atoms with van der Waals surface area (Å²) in [5, 5.41) is 0. The minimum atomic E-state index is 0.0506. The quantitative estimate of drug-likeness (QED) is 0.723. The number of nitrogens with zero attached hydrogens (tertiary/aromatic N) is 2. The summed E-state index contributed by atoms with van der Waals surface area (Å²) in [6.45, 7) is 0. The van der Waals surface area contributed by atoms with Gasteiger partial charge in [0, 0.05) is 20.5 Å². The van der Waals surface area contributed by atoms with E-state index in [1.165, 1.54) is 5.56 Å². The highest BCUT2D eigenvalue weighted by molar-refractivity contribution is 5.65. The Morgan fingerprint density at radius 2 is 1.38 bits per heavy atom. The van der Waals surface area contributed by atoms with Gasteiger partial charge in [-0.1, -0.05) is 60.7 Å². The van der Waals surface area contributed by atoms with E-state index < -0.39 is 0 Å². The Kier molecular flexibility index (Phi) is 3.48. The zero-order valence-electron chi connectivity index (χ0n) is 12.3. The molecule has 1 heterocycles. The highest BCUT2D eigenvalue weighted by Crippen LogP contribution is 2.22. The summed E-state index contributed by atoms with van der Waals surface area (Å²) in [5.41, 5.74) is 4.07. The van der Waals surface area contributed by atoms with Crippen molar-refractivity contribution >= 4 is 0 Å². The fourth-order valence-electron chi connectivity index (χ4n) is 2.65. The molecule has 0 aliphatic heterocycles. The molecule has 0 amide bonds. The average Bonchev–Trinajstić information content (AvgIpc) is 2.74. The van der Waals surface area contributed by atoms with Crippen LogP contribution in [0.3, 0.4) is 0 Å². The molecule has 3 aromatic rings. The molecule has 0 aliphatic carbocycles. The van der Waals surface area contributed by atoms with E-state index in [4.69, 9.17) is 0 Å². The molecule has 0 unspecified atom stereocenters. The highest BCUT2D eigenvalue weighted by Gasteiger charge is 2.17. The van der Waals surface area contributed by atoms with Crippen molar-refractivity contribution in [2.45, 2.75) is 6.42 Å². The molecule has 2 aromatic carbocycles. The molecule has 0 radical (unpaired) electrons. The van der Waals surface area contributed by atoms with Crippen LogP contribution in [-0.2, 0) is 20.5 Å². The van der Waals surface area contributed by atoms with E-state index in [-0.39, 0.29) is 5.56 Å². The zero-order valence-corrected chi connectivity index (χ0v) is 12.3. The van der Waals surface area contributed by atoms with Gasteiger partial charge >= 0.3 is 0 Å². The van der Waals surface area contributed by atoms with Crippen molar-refractivity contribution in [2.24, 2.45) is 14.1 Å². The molecule has 0 fully saturated rings. The van der Waals surface area contributed by atoms with Crippen molar-refractivity contribution in [1.29, 1.82) is 0 Å². The summed E-state index contributed by atoms with van der Waals surface area (Å²) >= 11 is 0. The average molecular weight is 278 g/mol. The van der Waals surface area contributed by atoms with Gasteiger partial charge in [0.2, 0.25) is 0 Å². The van der Waals surface area contributed by atoms with Crippen LogP contribution in [0.2, 0.25) is 0 Å². The van der Waals surface area contributed by atoms with Crippen molar-refractivity contribution in [3.05, 3.63) is 82.3 Å². The van der Waals surface area contributed by atoms with E-state index in [0.717, 1.165) is 23.2 Å². The third-order valence-electron chi connectivity index (χ3n) is 3.91. The second kappa shape index (κ2) is 5.44. The first-order valence-electron chi connectivity index (χ1n) is 7.02. The number of benzene rings is 2. The molecule has 1 aromatic heterocycles. The summed E-state index contributed by atoms with van der Waals surface area (Å²) in [6, 6.07) is 20.1. The van der Waals surface area contributed by atoms with E-state index in [1.54, 1.807) is 4.68 Å². The number of hydrogen-bond acceptors (Lipinski definition) is 1. The summed E-state index contributed by atoms with van der Waals surface area (Å²) in [5.74, 6) is 0. The lowest BCUT2D eigenvalue weighted by atomic mass is 10.0. The van der Waals surface area contributed by atoms with Crippen molar-refractivity contribution in [1.82, 2.24) is 9.36 Å². The van der Waals surface area contributed by atoms with E-state index in [9.17, 15) is 4.79 Å². The third kappa shape index (κ3) is 2.42. The first-order chi connectivity index (χ1) is 10.2. The molecule has 106 valence electrons. The Bertz CT molecular complexity index is 798. The van der Waals surface area contributed by atoms with Crippen LogP contribution in [-0.4, -0.2) is 9.36 Å². The van der Waals surface area contributed by atoms with Crippen molar-refractivity contribution in [3.8, 4) is 11.1 Å². The van der Waals surface area contributed by atoms with Gasteiger partial charge in [-0.3, -0.25) is 14.2 Å². The second-order valence-electron chi connectivity index (χ2n) is 5.20. The minimum absolute atomic E-state index is 0.0506. The monoisotopic (exact) mass is 278 g/mol. The topological polar surface area (TPSA) is 26.9 Å². The maximum absolute atomic E-state index is 12.5. The predicted octanol–water partition coefficient (Wildman–Crippen LogP) is 2.98. The predicted molar refractivity (Wildman–Crippen MR) is 85.3 cm³/mol. The first kappa shape index (κ1) is 13.4. The van der Waals surface area contributed by atoms with Gasteiger partial charge < -0.3 is 0 Å². The molecule has 3 nitrogen and oxygen atoms in total. The minimum Gasteiger partial charge on any atom is -0.289 e. The smallest absolute Gasteiger partial charge is 0.274 e. The van der Waals surface area contributed by atoms with E-state index in [2.05, 4.69) is 12.1 Å². The second-order valence-corrected chi connectivity index (χ2v) is 5.20. The fourth-order valence-corrected chi connectivity index (χ4v) is 2.65. The van der Waals surface area contributed by atoms with E-state index in [1.807, 2.05) is 67.3 Å². The lowest BCUT2D eigenvalue weighted by molar-refractivity contribution is 0.561. The fraction of sp³-hybridized carbons (Fsp3) is 0.167. The summed E-state index contributed by atoms with van der Waals surface area (Å²) in [6.07, 6.45) is 0.748. The molecule has 0 saturated heterocycles. The third-order valence-corrected chi connectivity index (χ3v) is 3.91. The van der Waals surface area contributed by atoms with Gasteiger partial charge in [0.1, 0.15) is 0 Å². The van der Waals surface area contributed by atoms with Crippen LogP contribution in [0.15, 0.2) is 65.5 Å². The molecule has 0 saturated carbocycles. The number of rotatable bonds is 3. The maximum Gasteiger partial charge on any atom is 0.274 e. The Labute approximate surface area is 124 Å². The van der Waals surface area contributed by atoms with E-state index >= 15 is 0 Å². The SMILES string of the molecule is Cn1c(Cc2ccccc2)c(-c2ccccc2)c(=O)n1C. The van der Waals surface area contributed by atoms with Crippen LogP contribution >= 0.6 is 0 Å². The highest BCUT2D eigenvalue weighted by atomic mass is 16.1. The zero-order chi connectivity index (χ0) is 14.8. The molecule has 0 N–H and O–H groups in total. The van der Waals surface area contributed by atoms with Gasteiger partial charge in [0.05, 0.1) is 11.3 Å². The molecular weight excluding hydrogens is 260 g/mol. The standard InChI is InChI=1S/C18H18N2O/c1-19-16(13-14-9-5-3-6-10-14)17(18(21)20(19)2)15-11-7-4-8-12-15/h3-12H,13H2,1-2H3. The van der Waals surface area contributed by atoms with Gasteiger partial charge in [0.25, 0.3) is 5.56 Å². The number of aromatic nitrogens is 2. The molecule has 3 rings (SSSR count). The van der Waals surface area contributed by atoms with Gasteiger partial charge in [-0.2, -0.15) is 0 Å². The molecule has 3 heteroatoms. The number of hydrogen-bond donors (Lipinski definition) is 0. The van der Waals surface area contributed by atoms with Crippen molar-refractivity contribution in [3.63, 3.8) is 0 Å². The van der Waals surface area contributed by atoms with Crippen LogP contribution in [0.5, 0.6) is 0 Å². The molecule has 0 atom stereocenters. The molecule has 0 bridgehead atoms. The van der Waals surface area contributed by atoms with E-state index in [0.29, 0.717) is 0 Å². The molecular formula is C18H18N2O. The van der Waals surface area contributed by atoms with Crippen molar-refractivity contribution in [2.75, 3.05) is 0 Å². The van der Waals surface area contributed by atoms with Crippen LogP contribution in [0, 0.1) is 0 Å². The summed E-state index contributed by atoms with van der Waals surface area (Å²) in [4.78, 5) is 12.5. The lowest BCUT2D eigenvalue weighted by Gasteiger charge is -2.08. The molecule has 0 spiro atoms. The van der Waals surface area contributed by atoms with Crippen LogP contribution < -0.4 is 5.56 Å². The van der Waals surface area contributed by atoms with Gasteiger partial charge in [-0.15, -0.1) is 0 Å². The Hall–Kier alpha value is -2.55. The van der Waals surface area contributed by atoms with Crippen LogP contribution in [0.4, 0.5) is 0 Å². The largest absolute Gasteiger partial charge is 0.289 e. The van der Waals surface area contributed by atoms with Gasteiger partial charge in [-0.05, 0) is 11.1 Å². The van der Waals surface area contributed by atoms with Crippen LogP contribution in [0.25, 0.3) is 11.1 Å². The Morgan fingerprint density at radius 1 is 0.810 bits per heavy atom. The molecule has 21 heavy (non-hydrogen) atoms. The lowest BCUT2D eigenvalue weighted by Crippen LogP contribution is -2.17.